The highest BCUT2D eigenvalue weighted by atomic mass is 16.6. The smallest absolute Gasteiger partial charge is 0.306 e. The summed E-state index contributed by atoms with van der Waals surface area (Å²) < 4.78 is 10.5. The summed E-state index contributed by atoms with van der Waals surface area (Å²) in [5.74, 6) is 0.259. The molecular weight excluding hydrogens is 222 g/mol. The molecule has 0 saturated carbocycles. The zero-order chi connectivity index (χ0) is 12.4. The summed E-state index contributed by atoms with van der Waals surface area (Å²) in [6.07, 6.45) is 1.06. The topological polar surface area (TPSA) is 87.6 Å². The number of esters is 1. The van der Waals surface area contributed by atoms with Crippen LogP contribution in [-0.2, 0) is 14.3 Å². The molecule has 2 aliphatic heterocycles. The van der Waals surface area contributed by atoms with Crippen molar-refractivity contribution < 1.29 is 14.3 Å². The van der Waals surface area contributed by atoms with E-state index in [0.717, 1.165) is 6.61 Å². The van der Waals surface area contributed by atoms with Gasteiger partial charge in [-0.25, -0.2) is 0 Å². The Bertz CT molecular complexity index is 350. The molecule has 2 rings (SSSR count). The summed E-state index contributed by atoms with van der Waals surface area (Å²) in [5.41, 5.74) is 8.63. The number of carbonyl (C=O) groups is 1. The van der Waals surface area contributed by atoms with Crippen molar-refractivity contribution in [2.24, 2.45) is 17.0 Å². The molecule has 0 aromatic rings. The van der Waals surface area contributed by atoms with E-state index in [-0.39, 0.29) is 30.1 Å². The molecule has 2 heterocycles. The van der Waals surface area contributed by atoms with E-state index < -0.39 is 0 Å². The molecule has 0 aliphatic carbocycles. The van der Waals surface area contributed by atoms with Crippen LogP contribution in [0.4, 0.5) is 0 Å². The van der Waals surface area contributed by atoms with Gasteiger partial charge in [-0.1, -0.05) is 19.0 Å². The molecule has 6 heteroatoms. The minimum Gasteiger partial charge on any atom is -0.462 e. The molecule has 2 unspecified atom stereocenters. The summed E-state index contributed by atoms with van der Waals surface area (Å²) in [6, 6.07) is -0.286. The average molecular weight is 239 g/mol. The quantitative estimate of drug-likeness (QED) is 0.242. The number of azide groups is 1. The summed E-state index contributed by atoms with van der Waals surface area (Å²) in [7, 11) is 0. The van der Waals surface area contributed by atoms with Gasteiger partial charge >= 0.3 is 5.97 Å². The van der Waals surface area contributed by atoms with Crippen LogP contribution in [0.5, 0.6) is 0 Å². The van der Waals surface area contributed by atoms with Crippen LogP contribution in [0.3, 0.4) is 0 Å². The van der Waals surface area contributed by atoms with E-state index in [0.29, 0.717) is 18.8 Å². The first-order valence-corrected chi connectivity index (χ1v) is 5.98. The number of ether oxygens (including phenoxy) is 2. The molecule has 0 aromatic heterocycles. The van der Waals surface area contributed by atoms with Gasteiger partial charge in [0.1, 0.15) is 6.10 Å². The number of rotatable bonds is 5. The molecule has 0 N–H and O–H groups in total. The Hall–Kier alpha value is -1.26. The van der Waals surface area contributed by atoms with E-state index in [2.05, 4.69) is 16.9 Å². The first kappa shape index (κ1) is 12.2. The molecule has 2 saturated heterocycles. The van der Waals surface area contributed by atoms with Crippen LogP contribution in [0.2, 0.25) is 0 Å². The Morgan fingerprint density at radius 2 is 2.18 bits per heavy atom. The van der Waals surface area contributed by atoms with Crippen molar-refractivity contribution in [1.29, 1.82) is 0 Å². The molecule has 0 bridgehead atoms. The molecule has 17 heavy (non-hydrogen) atoms. The Balaban J connectivity index is 2.04. The summed E-state index contributed by atoms with van der Waals surface area (Å²) >= 11 is 0. The van der Waals surface area contributed by atoms with Gasteiger partial charge in [-0.3, -0.25) is 4.79 Å². The van der Waals surface area contributed by atoms with Gasteiger partial charge in [0.2, 0.25) is 0 Å². The van der Waals surface area contributed by atoms with Crippen LogP contribution in [0.25, 0.3) is 10.4 Å². The molecule has 6 nitrogen and oxygen atoms in total. The van der Waals surface area contributed by atoms with E-state index in [1.165, 1.54) is 0 Å². The minimum atomic E-state index is -0.286. The Labute approximate surface area is 99.9 Å². The lowest BCUT2D eigenvalue weighted by molar-refractivity contribution is -0.142. The third kappa shape index (κ3) is 2.70. The summed E-state index contributed by atoms with van der Waals surface area (Å²) in [4.78, 5) is 14.0. The lowest BCUT2D eigenvalue weighted by Gasteiger charge is -2.28. The van der Waals surface area contributed by atoms with Crippen LogP contribution in [-0.4, -0.2) is 30.8 Å². The zero-order valence-corrected chi connectivity index (χ0v) is 10.1. The number of carbonyl (C=O) groups excluding carboxylic acids is 1. The van der Waals surface area contributed by atoms with Gasteiger partial charge in [-0.15, -0.1) is 0 Å². The fourth-order valence-corrected chi connectivity index (χ4v) is 2.37. The molecule has 2 fully saturated rings. The highest BCUT2D eigenvalue weighted by Crippen LogP contribution is 2.33. The zero-order valence-electron chi connectivity index (χ0n) is 10.1. The van der Waals surface area contributed by atoms with Gasteiger partial charge in [0.15, 0.2) is 0 Å². The van der Waals surface area contributed by atoms with E-state index in [9.17, 15) is 4.79 Å². The summed E-state index contributed by atoms with van der Waals surface area (Å²) in [5, 5.41) is 3.82. The molecule has 0 radical (unpaired) electrons. The molecular formula is C11H17N3O3. The second-order valence-electron chi connectivity index (χ2n) is 4.85. The number of nitrogens with zero attached hydrogens (tertiary/aromatic N) is 3. The van der Waals surface area contributed by atoms with Crippen LogP contribution in [0, 0.1) is 11.8 Å². The second kappa shape index (κ2) is 4.94. The minimum absolute atomic E-state index is 0.147. The van der Waals surface area contributed by atoms with Crippen molar-refractivity contribution in [3.05, 3.63) is 10.4 Å². The maximum atomic E-state index is 11.1. The van der Waals surface area contributed by atoms with Crippen LogP contribution >= 0.6 is 0 Å². The van der Waals surface area contributed by atoms with Gasteiger partial charge in [-0.05, 0) is 23.8 Å². The van der Waals surface area contributed by atoms with Crippen molar-refractivity contribution in [1.82, 2.24) is 0 Å². The number of cyclic esters (lactones) is 1. The number of epoxide rings is 1. The molecule has 2 aliphatic rings. The normalized spacial score (nSPS) is 32.2. The van der Waals surface area contributed by atoms with Crippen molar-refractivity contribution in [2.75, 3.05) is 6.61 Å². The Morgan fingerprint density at radius 3 is 2.65 bits per heavy atom. The maximum Gasteiger partial charge on any atom is 0.306 e. The van der Waals surface area contributed by atoms with Crippen LogP contribution in [0.15, 0.2) is 5.11 Å². The molecule has 5 atom stereocenters. The fourth-order valence-electron chi connectivity index (χ4n) is 2.37. The van der Waals surface area contributed by atoms with E-state index >= 15 is 0 Å². The maximum absolute atomic E-state index is 11.1. The average Bonchev–Trinajstić information content (AvgIpc) is 3.07. The third-order valence-corrected chi connectivity index (χ3v) is 3.80. The van der Waals surface area contributed by atoms with E-state index in [1.807, 2.05) is 6.92 Å². The first-order chi connectivity index (χ1) is 8.13. The predicted octanol–water partition coefficient (Wildman–Crippen LogP) is 2.04. The highest BCUT2D eigenvalue weighted by molar-refractivity contribution is 5.71. The largest absolute Gasteiger partial charge is 0.462 e. The van der Waals surface area contributed by atoms with Crippen molar-refractivity contribution in [3.8, 4) is 0 Å². The number of hydrogen-bond acceptors (Lipinski definition) is 4. The standard InChI is InChI=1S/C11H17N3O3/c1-6(9-5-16-9)7(2)11(13-14-12)8-3-4-10(15)17-8/h6-9,11H,3-5H2,1-2H3/t6-,7+,8?,9+,11?/m0/s1. The van der Waals surface area contributed by atoms with E-state index in [4.69, 9.17) is 15.0 Å². The Kier molecular flexibility index (Phi) is 3.54. The van der Waals surface area contributed by atoms with Crippen molar-refractivity contribution >= 4 is 5.97 Å². The van der Waals surface area contributed by atoms with Crippen molar-refractivity contribution in [3.63, 3.8) is 0 Å². The van der Waals surface area contributed by atoms with Crippen molar-refractivity contribution in [2.45, 2.75) is 44.9 Å². The highest BCUT2D eigenvalue weighted by Gasteiger charge is 2.41. The van der Waals surface area contributed by atoms with E-state index in [1.54, 1.807) is 0 Å². The third-order valence-electron chi connectivity index (χ3n) is 3.80. The van der Waals surface area contributed by atoms with Gasteiger partial charge in [0.25, 0.3) is 0 Å². The molecule has 0 spiro atoms. The lowest BCUT2D eigenvalue weighted by atomic mass is 9.84. The van der Waals surface area contributed by atoms with Gasteiger partial charge in [0, 0.05) is 11.3 Å². The number of hydrogen-bond donors (Lipinski definition) is 0. The predicted molar refractivity (Wildman–Crippen MR) is 60.1 cm³/mol. The van der Waals surface area contributed by atoms with Crippen LogP contribution in [0.1, 0.15) is 26.7 Å². The molecule has 0 amide bonds. The Morgan fingerprint density at radius 1 is 1.47 bits per heavy atom. The molecule has 0 aromatic carbocycles. The first-order valence-electron chi connectivity index (χ1n) is 5.98. The monoisotopic (exact) mass is 239 g/mol. The lowest BCUT2D eigenvalue weighted by Crippen LogP contribution is -2.35. The fraction of sp³-hybridized carbons (Fsp3) is 0.909. The summed E-state index contributed by atoms with van der Waals surface area (Å²) in [6.45, 7) is 4.88. The molecule has 94 valence electrons. The van der Waals surface area contributed by atoms with Gasteiger partial charge in [-0.2, -0.15) is 0 Å². The van der Waals surface area contributed by atoms with Gasteiger partial charge in [0.05, 0.1) is 18.8 Å². The van der Waals surface area contributed by atoms with Gasteiger partial charge < -0.3 is 9.47 Å². The van der Waals surface area contributed by atoms with Crippen LogP contribution < -0.4 is 0 Å². The second-order valence-corrected chi connectivity index (χ2v) is 4.85. The SMILES string of the molecule is C[C@H]([C@H]1CO1)[C@@H](C)C(N=[N+]=[N-])C1CCC(=O)O1.